The predicted molar refractivity (Wildman–Crippen MR) is 198 cm³/mol. The minimum absolute atomic E-state index is 0.00338. The maximum absolute atomic E-state index is 15.4. The van der Waals surface area contributed by atoms with Crippen LogP contribution < -0.4 is 10.1 Å². The number of benzene rings is 3. The van der Waals surface area contributed by atoms with Crippen LogP contribution in [-0.2, 0) is 20.7 Å². The lowest BCUT2D eigenvalue weighted by Crippen LogP contribution is -2.56. The number of nitrogens with zero attached hydrogens (tertiary/aromatic N) is 6. The number of hydrogen-bond donors (Lipinski definition) is 1. The average Bonchev–Trinajstić information content (AvgIpc) is 3.68. The van der Waals surface area contributed by atoms with E-state index in [2.05, 4.69) is 32.8 Å². The molecule has 1 aromatic heterocycles. The molecule has 2 aliphatic rings. The summed E-state index contributed by atoms with van der Waals surface area (Å²) in [5.74, 6) is -0.976. The Hall–Kier alpha value is -5.14. The van der Waals surface area contributed by atoms with Crippen LogP contribution >= 0.6 is 11.6 Å². The number of halogens is 2. The van der Waals surface area contributed by atoms with E-state index >= 15 is 4.39 Å². The van der Waals surface area contributed by atoms with Crippen molar-refractivity contribution in [3.05, 3.63) is 100 Å². The second-order valence-electron chi connectivity index (χ2n) is 14.0. The highest BCUT2D eigenvalue weighted by Crippen LogP contribution is 2.43. The van der Waals surface area contributed by atoms with Gasteiger partial charge in [0.15, 0.2) is 5.82 Å². The van der Waals surface area contributed by atoms with E-state index in [0.717, 1.165) is 37.9 Å². The topological polar surface area (TPSA) is 132 Å². The Morgan fingerprint density at radius 3 is 2.53 bits per heavy atom. The van der Waals surface area contributed by atoms with Crippen LogP contribution in [-0.4, -0.2) is 86.7 Å². The maximum atomic E-state index is 15.4. The normalized spacial score (nSPS) is 17.4. The smallest absolute Gasteiger partial charge is 0.338 e. The highest BCUT2D eigenvalue weighted by Gasteiger charge is 2.46. The molecule has 12 nitrogen and oxygen atoms in total. The van der Waals surface area contributed by atoms with Gasteiger partial charge < -0.3 is 24.6 Å². The summed E-state index contributed by atoms with van der Waals surface area (Å²) in [7, 11) is 2.14. The van der Waals surface area contributed by atoms with Crippen LogP contribution in [0.4, 0.5) is 10.1 Å². The van der Waals surface area contributed by atoms with Crippen LogP contribution in [0.25, 0.3) is 11.8 Å². The monoisotopic (exact) mass is 743 g/mol. The summed E-state index contributed by atoms with van der Waals surface area (Å²) in [5.41, 5.74) is 1.59. The van der Waals surface area contributed by atoms with E-state index < -0.39 is 35.2 Å². The van der Waals surface area contributed by atoms with Crippen LogP contribution in [0, 0.1) is 11.7 Å². The fraction of sp³-hybridized carbons (Fsp3) is 0.385. The van der Waals surface area contributed by atoms with Crippen molar-refractivity contribution in [2.75, 3.05) is 38.7 Å². The molecule has 1 atom stereocenters. The van der Waals surface area contributed by atoms with Crippen LogP contribution in [0.15, 0.2) is 67.0 Å². The predicted octanol–water partition coefficient (Wildman–Crippen LogP) is 6.30. The second kappa shape index (κ2) is 16.3. The van der Waals surface area contributed by atoms with E-state index in [-0.39, 0.29) is 22.9 Å². The van der Waals surface area contributed by atoms with E-state index in [0.29, 0.717) is 41.5 Å². The Balaban J connectivity index is 1.33. The van der Waals surface area contributed by atoms with Gasteiger partial charge in [0.1, 0.15) is 18.1 Å². The van der Waals surface area contributed by atoms with Crippen LogP contribution in [0.5, 0.6) is 5.75 Å². The number of ether oxygens (including phenoxy) is 2. The number of nitrogens with one attached hydrogen (secondary N) is 1. The first-order valence-corrected chi connectivity index (χ1v) is 18.1. The van der Waals surface area contributed by atoms with Crippen molar-refractivity contribution >= 4 is 41.1 Å². The first-order valence-electron chi connectivity index (χ1n) is 17.7. The van der Waals surface area contributed by atoms with Gasteiger partial charge >= 0.3 is 5.97 Å². The highest BCUT2D eigenvalue weighted by atomic mass is 35.5. The summed E-state index contributed by atoms with van der Waals surface area (Å²) >= 11 is 6.14. The lowest BCUT2D eigenvalue weighted by molar-refractivity contribution is -0.142. The van der Waals surface area contributed by atoms with Crippen LogP contribution in [0.1, 0.15) is 73.1 Å². The molecule has 53 heavy (non-hydrogen) atoms. The van der Waals surface area contributed by atoms with Gasteiger partial charge in [-0.15, -0.1) is 5.10 Å². The van der Waals surface area contributed by atoms with Gasteiger partial charge in [-0.1, -0.05) is 23.7 Å². The molecule has 1 N–H and O–H groups in total. The van der Waals surface area contributed by atoms with Crippen LogP contribution in [0.3, 0.4) is 0 Å². The third-order valence-corrected chi connectivity index (χ3v) is 10.1. The molecule has 0 spiro atoms. The first kappa shape index (κ1) is 37.6. The van der Waals surface area contributed by atoms with Gasteiger partial charge in [0.25, 0.3) is 5.91 Å². The van der Waals surface area contributed by atoms with Crippen molar-refractivity contribution in [2.45, 2.75) is 58.0 Å². The summed E-state index contributed by atoms with van der Waals surface area (Å²) in [6.07, 6.45) is 7.43. The molecule has 4 aromatic rings. The molecule has 3 heterocycles. The van der Waals surface area contributed by atoms with E-state index in [1.807, 2.05) is 32.0 Å². The number of anilines is 1. The van der Waals surface area contributed by atoms with E-state index in [4.69, 9.17) is 21.1 Å². The zero-order valence-corrected chi connectivity index (χ0v) is 31.0. The number of tetrazole rings is 1. The second-order valence-corrected chi connectivity index (χ2v) is 14.4. The Bertz CT molecular complexity index is 1980. The summed E-state index contributed by atoms with van der Waals surface area (Å²) in [5, 5.41) is 13.9. The Morgan fingerprint density at radius 1 is 1.08 bits per heavy atom. The third kappa shape index (κ3) is 8.42. The molecule has 2 amide bonds. The Labute approximate surface area is 312 Å². The summed E-state index contributed by atoms with van der Waals surface area (Å²) in [6.45, 7) is 8.42. The minimum atomic E-state index is -1.10. The number of rotatable bonds is 11. The number of aromatic nitrogens is 4. The van der Waals surface area contributed by atoms with E-state index in [1.165, 1.54) is 34.1 Å². The van der Waals surface area contributed by atoms with Gasteiger partial charge in [-0.05, 0) is 137 Å². The van der Waals surface area contributed by atoms with Gasteiger partial charge in [-0.2, -0.15) is 4.68 Å². The zero-order valence-electron chi connectivity index (χ0n) is 30.2. The molecule has 0 aliphatic carbocycles. The van der Waals surface area contributed by atoms with Gasteiger partial charge in [-0.25, -0.2) is 9.18 Å². The minimum Gasteiger partial charge on any atom is -0.493 e. The number of carbonyl (C=O) groups excluding carboxylic acids is 3. The SMILES string of the molecule is CCOC(=O)c1ccc(NC(=O)C2c3cccc(OCCC4CCN(C)CC4)c3CC(C)(C)N2C(=O)/C=C/c2c(-n3cnnn3)ccc(Cl)c2F)cc1. The number of likely N-dealkylation sites (tertiary alicyclic amines) is 1. The van der Waals surface area contributed by atoms with Gasteiger partial charge in [0, 0.05) is 28.4 Å². The Kier molecular flexibility index (Phi) is 11.5. The van der Waals surface area contributed by atoms with Crippen molar-refractivity contribution < 1.29 is 28.2 Å². The molecule has 0 radical (unpaired) electrons. The highest BCUT2D eigenvalue weighted by molar-refractivity contribution is 6.31. The van der Waals surface area contributed by atoms with Gasteiger partial charge in [0.2, 0.25) is 5.91 Å². The zero-order chi connectivity index (χ0) is 37.7. The molecule has 3 aromatic carbocycles. The molecule has 14 heteroatoms. The van der Waals surface area contributed by atoms with Crippen molar-refractivity contribution in [3.63, 3.8) is 0 Å². The Morgan fingerprint density at radius 2 is 1.83 bits per heavy atom. The molecule has 1 unspecified atom stereocenters. The van der Waals surface area contributed by atoms with E-state index in [1.54, 1.807) is 37.3 Å². The number of esters is 1. The lowest BCUT2D eigenvalue weighted by atomic mass is 9.80. The van der Waals surface area contributed by atoms with Gasteiger partial charge in [-0.3, -0.25) is 9.59 Å². The number of amides is 2. The molecular formula is C39H43ClFN7O5. The van der Waals surface area contributed by atoms with Crippen molar-refractivity contribution in [1.29, 1.82) is 0 Å². The maximum Gasteiger partial charge on any atom is 0.338 e. The fourth-order valence-electron chi connectivity index (χ4n) is 7.08. The van der Waals surface area contributed by atoms with Crippen molar-refractivity contribution in [1.82, 2.24) is 30.0 Å². The quantitative estimate of drug-likeness (QED) is 0.139. The van der Waals surface area contributed by atoms with E-state index in [9.17, 15) is 14.4 Å². The fourth-order valence-corrected chi connectivity index (χ4v) is 7.24. The van der Waals surface area contributed by atoms with Crippen molar-refractivity contribution in [3.8, 4) is 11.4 Å². The molecular weight excluding hydrogens is 701 g/mol. The summed E-state index contributed by atoms with van der Waals surface area (Å²) in [4.78, 5) is 44.9. The molecule has 6 rings (SSSR count). The third-order valence-electron chi connectivity index (χ3n) is 9.85. The number of fused-ring (bicyclic) bond motifs is 1. The number of carbonyl (C=O) groups is 3. The van der Waals surface area contributed by atoms with Crippen molar-refractivity contribution in [2.24, 2.45) is 5.92 Å². The van der Waals surface area contributed by atoms with Crippen LogP contribution in [0.2, 0.25) is 5.02 Å². The molecule has 0 saturated carbocycles. The van der Waals surface area contributed by atoms with Gasteiger partial charge in [0.05, 0.1) is 29.5 Å². The molecule has 1 fully saturated rings. The molecule has 1 saturated heterocycles. The standard InChI is InChI=1S/C39H43ClFN7O5/c1-5-52-38(51)26-9-11-27(12-10-26)43-37(50)36-28-7-6-8-33(53-22-19-25-17-20-46(4)21-18-25)30(28)23-39(2,3)48(36)34(49)16-13-29-32(47-24-42-44-45-47)15-14-31(40)35(29)41/h6-16,24-25,36H,5,17-23H2,1-4H3,(H,43,50)/b16-13+. The molecule has 0 bridgehead atoms. The summed E-state index contributed by atoms with van der Waals surface area (Å²) < 4.78 is 28.2. The average molecular weight is 744 g/mol. The largest absolute Gasteiger partial charge is 0.493 e. The summed E-state index contributed by atoms with van der Waals surface area (Å²) in [6, 6.07) is 13.7. The first-order chi connectivity index (χ1) is 25.5. The number of piperidine rings is 1. The lowest BCUT2D eigenvalue weighted by Gasteiger charge is -2.47. The molecule has 278 valence electrons. The molecule has 2 aliphatic heterocycles. The number of hydrogen-bond acceptors (Lipinski definition) is 9.